The molecule has 1 N–H and O–H groups in total. The Bertz CT molecular complexity index is 600. The largest absolute Gasteiger partial charge is 0.497 e. The zero-order chi connectivity index (χ0) is 16.8. The Labute approximate surface area is 148 Å². The maximum absolute atomic E-state index is 9.44. The summed E-state index contributed by atoms with van der Waals surface area (Å²) in [5.74, 6) is 0.901. The monoisotopic (exact) mass is 346 g/mol. The highest BCUT2D eigenvalue weighted by Crippen LogP contribution is 2.21. The summed E-state index contributed by atoms with van der Waals surface area (Å²) in [7, 11) is 1.70. The predicted molar refractivity (Wildman–Crippen MR) is 98.5 cm³/mol. The zero-order valence-electron chi connectivity index (χ0n) is 14.2. The number of thiophene rings is 1. The molecule has 1 saturated heterocycles. The number of rotatable bonds is 7. The molecule has 3 rings (SSSR count). The third-order valence-electron chi connectivity index (χ3n) is 4.66. The molecule has 0 saturated carbocycles. The van der Waals surface area contributed by atoms with E-state index < -0.39 is 0 Å². The minimum atomic E-state index is 0.252. The van der Waals surface area contributed by atoms with Gasteiger partial charge < -0.3 is 9.84 Å². The van der Waals surface area contributed by atoms with Gasteiger partial charge in [-0.05, 0) is 35.6 Å². The van der Waals surface area contributed by atoms with Gasteiger partial charge in [0, 0.05) is 50.2 Å². The van der Waals surface area contributed by atoms with Gasteiger partial charge in [0.25, 0.3) is 0 Å². The third kappa shape index (κ3) is 4.57. The third-order valence-corrected chi connectivity index (χ3v) is 5.52. The Morgan fingerprint density at radius 2 is 2.00 bits per heavy atom. The van der Waals surface area contributed by atoms with E-state index in [1.165, 1.54) is 10.4 Å². The fourth-order valence-electron chi connectivity index (χ4n) is 3.32. The molecule has 0 spiro atoms. The molecule has 1 aliphatic rings. The molecule has 24 heavy (non-hydrogen) atoms. The van der Waals surface area contributed by atoms with E-state index in [1.54, 1.807) is 7.11 Å². The highest BCUT2D eigenvalue weighted by Gasteiger charge is 2.26. The highest BCUT2D eigenvalue weighted by molar-refractivity contribution is 7.09. The molecule has 1 atom stereocenters. The molecule has 0 bridgehead atoms. The van der Waals surface area contributed by atoms with Crippen LogP contribution < -0.4 is 4.74 Å². The Kier molecular flexibility index (Phi) is 6.26. The second kappa shape index (κ2) is 8.62. The summed E-state index contributed by atoms with van der Waals surface area (Å²) < 4.78 is 5.23. The minimum absolute atomic E-state index is 0.252. The number of piperazine rings is 1. The second-order valence-corrected chi connectivity index (χ2v) is 7.33. The molecule has 2 aromatic rings. The van der Waals surface area contributed by atoms with Gasteiger partial charge in [-0.2, -0.15) is 0 Å². The Hall–Kier alpha value is -1.40. The number of hydrogen-bond acceptors (Lipinski definition) is 5. The van der Waals surface area contributed by atoms with Crippen LogP contribution in [-0.4, -0.2) is 54.3 Å². The van der Waals surface area contributed by atoms with Gasteiger partial charge in [0.05, 0.1) is 7.11 Å². The van der Waals surface area contributed by atoms with Crippen LogP contribution in [0.25, 0.3) is 0 Å². The smallest absolute Gasteiger partial charge is 0.118 e. The summed E-state index contributed by atoms with van der Waals surface area (Å²) in [6.07, 6.45) is 0.838. The van der Waals surface area contributed by atoms with E-state index in [2.05, 4.69) is 39.4 Å². The maximum Gasteiger partial charge on any atom is 0.118 e. The summed E-state index contributed by atoms with van der Waals surface area (Å²) in [5, 5.41) is 11.6. The molecule has 4 nitrogen and oxygen atoms in total. The molecule has 1 aromatic heterocycles. The number of methoxy groups -OCH3 is 1. The SMILES string of the molecule is COc1ccc(CN2CCN(Cc3cccs3)[C@@H](CCO)C2)cc1. The fraction of sp³-hybridized carbons (Fsp3) is 0.474. The van der Waals surface area contributed by atoms with Crippen molar-refractivity contribution < 1.29 is 9.84 Å². The van der Waals surface area contributed by atoms with Gasteiger partial charge in [0.15, 0.2) is 0 Å². The van der Waals surface area contributed by atoms with Crippen LogP contribution in [0.1, 0.15) is 16.9 Å². The van der Waals surface area contributed by atoms with Gasteiger partial charge in [-0.1, -0.05) is 18.2 Å². The topological polar surface area (TPSA) is 35.9 Å². The molecule has 0 unspecified atom stereocenters. The van der Waals surface area contributed by atoms with Crippen LogP contribution in [-0.2, 0) is 13.1 Å². The molecule has 0 amide bonds. The first-order valence-corrected chi connectivity index (χ1v) is 9.39. The van der Waals surface area contributed by atoms with Gasteiger partial charge in [0.2, 0.25) is 0 Å². The minimum Gasteiger partial charge on any atom is -0.497 e. The molecule has 1 aromatic carbocycles. The average molecular weight is 346 g/mol. The van der Waals surface area contributed by atoms with Crippen LogP contribution in [0.4, 0.5) is 0 Å². The molecular weight excluding hydrogens is 320 g/mol. The molecule has 0 aliphatic carbocycles. The molecule has 0 radical (unpaired) electrons. The van der Waals surface area contributed by atoms with Gasteiger partial charge in [-0.3, -0.25) is 9.80 Å². The van der Waals surface area contributed by atoms with Gasteiger partial charge >= 0.3 is 0 Å². The van der Waals surface area contributed by atoms with E-state index in [0.29, 0.717) is 6.04 Å². The summed E-state index contributed by atoms with van der Waals surface area (Å²) in [6.45, 7) is 5.34. The van der Waals surface area contributed by atoms with Crippen molar-refractivity contribution >= 4 is 11.3 Å². The van der Waals surface area contributed by atoms with Gasteiger partial charge in [0.1, 0.15) is 5.75 Å². The lowest BCUT2D eigenvalue weighted by Crippen LogP contribution is -2.52. The van der Waals surface area contributed by atoms with E-state index in [1.807, 2.05) is 23.5 Å². The second-order valence-electron chi connectivity index (χ2n) is 6.30. The van der Waals surface area contributed by atoms with E-state index in [9.17, 15) is 5.11 Å². The first kappa shape index (κ1) is 17.4. The van der Waals surface area contributed by atoms with Crippen molar-refractivity contribution in [2.75, 3.05) is 33.4 Å². The first-order valence-electron chi connectivity index (χ1n) is 8.51. The van der Waals surface area contributed by atoms with E-state index in [0.717, 1.165) is 44.9 Å². The van der Waals surface area contributed by atoms with Crippen LogP contribution in [0, 0.1) is 0 Å². The van der Waals surface area contributed by atoms with Crippen LogP contribution in [0.15, 0.2) is 41.8 Å². The zero-order valence-corrected chi connectivity index (χ0v) is 15.0. The van der Waals surface area contributed by atoms with Gasteiger partial charge in [-0.25, -0.2) is 0 Å². The van der Waals surface area contributed by atoms with Crippen LogP contribution in [0.3, 0.4) is 0 Å². The number of ether oxygens (including phenoxy) is 1. The number of nitrogens with zero attached hydrogens (tertiary/aromatic N) is 2. The number of hydrogen-bond donors (Lipinski definition) is 1. The average Bonchev–Trinajstić information content (AvgIpc) is 3.11. The lowest BCUT2D eigenvalue weighted by atomic mass is 10.1. The Morgan fingerprint density at radius 3 is 2.67 bits per heavy atom. The number of benzene rings is 1. The summed E-state index contributed by atoms with van der Waals surface area (Å²) in [4.78, 5) is 6.42. The highest BCUT2D eigenvalue weighted by atomic mass is 32.1. The van der Waals surface area contributed by atoms with Crippen molar-refractivity contribution in [1.82, 2.24) is 9.80 Å². The van der Waals surface area contributed by atoms with Crippen LogP contribution >= 0.6 is 11.3 Å². The van der Waals surface area contributed by atoms with Gasteiger partial charge in [-0.15, -0.1) is 11.3 Å². The summed E-state index contributed by atoms with van der Waals surface area (Å²) in [5.41, 5.74) is 1.31. The molecule has 1 fully saturated rings. The van der Waals surface area contributed by atoms with Crippen molar-refractivity contribution in [3.63, 3.8) is 0 Å². The van der Waals surface area contributed by atoms with Crippen molar-refractivity contribution in [2.45, 2.75) is 25.6 Å². The quantitative estimate of drug-likeness (QED) is 0.836. The van der Waals surface area contributed by atoms with Crippen LogP contribution in [0.2, 0.25) is 0 Å². The van der Waals surface area contributed by atoms with Crippen molar-refractivity contribution in [2.24, 2.45) is 0 Å². The normalized spacial score (nSPS) is 19.5. The molecule has 5 heteroatoms. The molecule has 130 valence electrons. The van der Waals surface area contributed by atoms with Crippen LogP contribution in [0.5, 0.6) is 5.75 Å². The molecule has 2 heterocycles. The summed E-state index contributed by atoms with van der Waals surface area (Å²) >= 11 is 1.81. The first-order chi connectivity index (χ1) is 11.8. The van der Waals surface area contributed by atoms with Crippen molar-refractivity contribution in [1.29, 1.82) is 0 Å². The fourth-order valence-corrected chi connectivity index (χ4v) is 4.05. The Morgan fingerprint density at radius 1 is 1.17 bits per heavy atom. The Balaban J connectivity index is 1.59. The number of aliphatic hydroxyl groups excluding tert-OH is 1. The van der Waals surface area contributed by atoms with E-state index in [4.69, 9.17) is 4.74 Å². The van der Waals surface area contributed by atoms with Crippen molar-refractivity contribution in [3.8, 4) is 5.75 Å². The lowest BCUT2D eigenvalue weighted by molar-refractivity contribution is 0.0506. The molecule has 1 aliphatic heterocycles. The number of aliphatic hydroxyl groups is 1. The van der Waals surface area contributed by atoms with E-state index >= 15 is 0 Å². The van der Waals surface area contributed by atoms with Crippen molar-refractivity contribution in [3.05, 3.63) is 52.2 Å². The molecular formula is C19H26N2O2S. The lowest BCUT2D eigenvalue weighted by Gasteiger charge is -2.41. The summed E-state index contributed by atoms with van der Waals surface area (Å²) in [6, 6.07) is 13.0. The van der Waals surface area contributed by atoms with E-state index in [-0.39, 0.29) is 6.61 Å². The standard InChI is InChI=1S/C19H26N2O2S/c1-23-18-6-4-16(5-7-18)13-20-9-10-21(17(14-20)8-11-22)15-19-3-2-12-24-19/h2-7,12,17,22H,8-11,13-15H2,1H3/t17-/m0/s1. The predicted octanol–water partition coefficient (Wildman–Crippen LogP) is 2.83. The maximum atomic E-state index is 9.44.